The van der Waals surface area contributed by atoms with Gasteiger partial charge < -0.3 is 33.5 Å². The highest BCUT2D eigenvalue weighted by molar-refractivity contribution is 7.50. The highest BCUT2D eigenvalue weighted by Crippen LogP contribution is 2.38. The van der Waals surface area contributed by atoms with E-state index in [2.05, 4.69) is 20.3 Å². The molecule has 0 radical (unpaired) electrons. The second kappa shape index (κ2) is 9.64. The average Bonchev–Trinajstić information content (AvgIpc) is 3.39. The molecule has 1 aromatic carbocycles. The fourth-order valence-corrected chi connectivity index (χ4v) is 4.13. The lowest BCUT2D eigenvalue weighted by molar-refractivity contribution is -0.200. The normalized spacial score (nSPS) is 24.6. The van der Waals surface area contributed by atoms with Crippen LogP contribution in [0.2, 0.25) is 0 Å². The zero-order valence-corrected chi connectivity index (χ0v) is 19.0. The maximum atomic E-state index is 12.6. The maximum absolute atomic E-state index is 12.6. The van der Waals surface area contributed by atoms with Crippen molar-refractivity contribution in [2.45, 2.75) is 24.5 Å². The molecule has 1 fully saturated rings. The lowest BCUT2D eigenvalue weighted by Crippen LogP contribution is -2.37. The number of nitrogens with zero attached hydrogens (tertiary/aromatic N) is 4. The molecule has 0 saturated carbocycles. The number of aromatic nitrogens is 4. The molecule has 1 N–H and O–H groups in total. The van der Waals surface area contributed by atoms with Crippen LogP contribution >= 0.6 is 7.60 Å². The molecule has 3 aromatic rings. The molecule has 1 saturated heterocycles. The van der Waals surface area contributed by atoms with Crippen LogP contribution in [0.4, 0.5) is 5.82 Å². The van der Waals surface area contributed by atoms with E-state index < -0.39 is 32.1 Å². The Labute approximate surface area is 189 Å². The number of imidazole rings is 1. The van der Waals surface area contributed by atoms with Gasteiger partial charge in [0.15, 0.2) is 23.2 Å². The Morgan fingerprint density at radius 1 is 1.18 bits per heavy atom. The van der Waals surface area contributed by atoms with Gasteiger partial charge in [-0.1, -0.05) is 18.2 Å². The van der Waals surface area contributed by atoms with Gasteiger partial charge in [0.25, 0.3) is 5.91 Å². The number of fused-ring (bicyclic) bond motifs is 1. The van der Waals surface area contributed by atoms with Crippen molar-refractivity contribution in [3.05, 3.63) is 48.5 Å². The van der Waals surface area contributed by atoms with Crippen molar-refractivity contribution in [1.82, 2.24) is 19.5 Å². The van der Waals surface area contributed by atoms with Gasteiger partial charge in [0, 0.05) is 26.4 Å². The van der Waals surface area contributed by atoms with Crippen LogP contribution in [0.25, 0.3) is 11.2 Å². The quantitative estimate of drug-likeness (QED) is 0.470. The molecule has 176 valence electrons. The molecular formula is C20H23N5O7P-. The molecule has 5 atom stereocenters. The van der Waals surface area contributed by atoms with Crippen molar-refractivity contribution >= 4 is 30.5 Å². The van der Waals surface area contributed by atoms with E-state index >= 15 is 0 Å². The first kappa shape index (κ1) is 23.4. The number of nitrogens with one attached hydrogen (secondary N) is 1. The molecule has 0 spiro atoms. The predicted octanol–water partition coefficient (Wildman–Crippen LogP) is 1.21. The fourth-order valence-electron chi connectivity index (χ4n) is 3.71. The summed E-state index contributed by atoms with van der Waals surface area (Å²) >= 11 is 0. The number of anilines is 1. The second-order valence-corrected chi connectivity index (χ2v) is 9.20. The van der Waals surface area contributed by atoms with Gasteiger partial charge in [-0.25, -0.2) is 15.0 Å². The van der Waals surface area contributed by atoms with Crippen molar-refractivity contribution in [2.24, 2.45) is 0 Å². The highest BCUT2D eigenvalue weighted by Gasteiger charge is 2.47. The molecule has 33 heavy (non-hydrogen) atoms. The largest absolute Gasteiger partial charge is 0.779 e. The van der Waals surface area contributed by atoms with Gasteiger partial charge in [0.1, 0.15) is 32.2 Å². The van der Waals surface area contributed by atoms with E-state index in [1.807, 2.05) is 6.07 Å². The third kappa shape index (κ3) is 4.96. The Balaban J connectivity index is 1.62. The number of methoxy groups -OCH3 is 2. The molecular weight excluding hydrogens is 453 g/mol. The predicted molar refractivity (Wildman–Crippen MR) is 115 cm³/mol. The number of hydrogen-bond acceptors (Lipinski definition) is 10. The van der Waals surface area contributed by atoms with E-state index in [0.717, 1.165) is 6.66 Å². The Morgan fingerprint density at radius 3 is 2.58 bits per heavy atom. The van der Waals surface area contributed by atoms with E-state index in [4.69, 9.17) is 18.7 Å². The Morgan fingerprint density at radius 2 is 1.91 bits per heavy atom. The Bertz CT molecular complexity index is 1170. The maximum Gasteiger partial charge on any atom is 0.256 e. The summed E-state index contributed by atoms with van der Waals surface area (Å²) in [6, 6.07) is 8.71. The lowest BCUT2D eigenvalue weighted by Gasteiger charge is -2.24. The van der Waals surface area contributed by atoms with Crippen LogP contribution in [0.1, 0.15) is 16.6 Å². The van der Waals surface area contributed by atoms with Crippen LogP contribution in [0.3, 0.4) is 0 Å². The highest BCUT2D eigenvalue weighted by atomic mass is 31.2. The molecule has 4 rings (SSSR count). The van der Waals surface area contributed by atoms with E-state index in [9.17, 15) is 14.3 Å². The van der Waals surface area contributed by atoms with Crippen LogP contribution in [0.15, 0.2) is 43.0 Å². The van der Waals surface area contributed by atoms with E-state index in [-0.39, 0.29) is 18.3 Å². The molecule has 0 aliphatic carbocycles. The third-order valence-electron chi connectivity index (χ3n) is 5.20. The molecule has 1 aliphatic heterocycles. The summed E-state index contributed by atoms with van der Waals surface area (Å²) in [5, 5.41) is 2.75. The standard InChI is InChI=1S/C20H24N5O7P/c1-29-15-13(9-31-33(3,27)28)32-20(16(15)30-2)25-11-23-14-17(21-10-22-18(14)25)24-19(26)12-7-5-4-6-8-12/h4-8,10-11,13,15-16,20H,9H2,1-3H3,(H,27,28)(H,21,22,24,26)/p-1/t13-,15?,16+,20-/m1/s1. The van der Waals surface area contributed by atoms with E-state index in [0.29, 0.717) is 16.7 Å². The zero-order valence-electron chi connectivity index (χ0n) is 18.2. The van der Waals surface area contributed by atoms with E-state index in [1.165, 1.54) is 26.9 Å². The number of ether oxygens (including phenoxy) is 3. The molecule has 2 unspecified atom stereocenters. The fraction of sp³-hybridized carbons (Fsp3) is 0.400. The first-order valence-electron chi connectivity index (χ1n) is 10.0. The lowest BCUT2D eigenvalue weighted by atomic mass is 10.1. The van der Waals surface area contributed by atoms with Gasteiger partial charge in [-0.05, 0) is 12.1 Å². The smallest absolute Gasteiger partial charge is 0.256 e. The van der Waals surface area contributed by atoms with Crippen molar-refractivity contribution < 1.29 is 33.0 Å². The molecule has 3 heterocycles. The summed E-state index contributed by atoms with van der Waals surface area (Å²) in [4.78, 5) is 36.8. The summed E-state index contributed by atoms with van der Waals surface area (Å²) in [6.07, 6.45) is 0.113. The number of hydrogen-bond donors (Lipinski definition) is 1. The number of benzene rings is 1. The van der Waals surface area contributed by atoms with Crippen LogP contribution in [-0.4, -0.2) is 71.2 Å². The molecule has 13 heteroatoms. The summed E-state index contributed by atoms with van der Waals surface area (Å²) in [5.74, 6) is -0.101. The Hall–Kier alpha value is -2.73. The van der Waals surface area contributed by atoms with Crippen LogP contribution in [0, 0.1) is 0 Å². The number of carbonyl (C=O) groups excluding carboxylic acids is 1. The SMILES string of the molecule is COC1[C@@H](COP(C)(=O)[O-])O[C@@H](n2cnc3c(NC(=O)c4ccccc4)ncnc32)[C@H]1OC. The van der Waals surface area contributed by atoms with Crippen molar-refractivity contribution in [3.8, 4) is 0 Å². The molecule has 2 aromatic heterocycles. The number of amides is 1. The third-order valence-corrected chi connectivity index (χ3v) is 5.82. The summed E-state index contributed by atoms with van der Waals surface area (Å²) < 4.78 is 35.2. The Kier molecular flexibility index (Phi) is 6.84. The van der Waals surface area contributed by atoms with Crippen molar-refractivity contribution in [2.75, 3.05) is 32.8 Å². The number of rotatable bonds is 8. The van der Waals surface area contributed by atoms with Crippen LogP contribution < -0.4 is 10.2 Å². The van der Waals surface area contributed by atoms with Gasteiger partial charge in [-0.3, -0.25) is 9.36 Å². The zero-order chi connectivity index (χ0) is 23.6. The topological polar surface area (TPSA) is 150 Å². The van der Waals surface area contributed by atoms with Crippen molar-refractivity contribution in [1.29, 1.82) is 0 Å². The van der Waals surface area contributed by atoms with Gasteiger partial charge in [0.2, 0.25) is 0 Å². The van der Waals surface area contributed by atoms with E-state index in [1.54, 1.807) is 28.8 Å². The second-order valence-electron chi connectivity index (χ2n) is 7.40. The minimum absolute atomic E-state index is 0.230. The monoisotopic (exact) mass is 476 g/mol. The van der Waals surface area contributed by atoms with Crippen LogP contribution in [0.5, 0.6) is 0 Å². The molecule has 1 aliphatic rings. The van der Waals surface area contributed by atoms with Crippen molar-refractivity contribution in [3.63, 3.8) is 0 Å². The first-order chi connectivity index (χ1) is 15.8. The minimum atomic E-state index is -3.95. The van der Waals surface area contributed by atoms with Gasteiger partial charge in [-0.2, -0.15) is 0 Å². The average molecular weight is 476 g/mol. The molecule has 0 bridgehead atoms. The summed E-state index contributed by atoms with van der Waals surface area (Å²) in [7, 11) is -0.984. The first-order valence-corrected chi connectivity index (χ1v) is 12.0. The van der Waals surface area contributed by atoms with Gasteiger partial charge >= 0.3 is 0 Å². The summed E-state index contributed by atoms with van der Waals surface area (Å²) in [6.45, 7) is 0.757. The number of carbonyl (C=O) groups is 1. The van der Waals surface area contributed by atoms with Crippen LogP contribution in [-0.2, 0) is 23.3 Å². The molecule has 12 nitrogen and oxygen atoms in total. The minimum Gasteiger partial charge on any atom is -0.779 e. The van der Waals surface area contributed by atoms with Gasteiger partial charge in [-0.15, -0.1) is 0 Å². The summed E-state index contributed by atoms with van der Waals surface area (Å²) in [5.41, 5.74) is 1.22. The van der Waals surface area contributed by atoms with Gasteiger partial charge in [0.05, 0.1) is 12.9 Å². The molecule has 1 amide bonds.